The Morgan fingerprint density at radius 3 is 2.57 bits per heavy atom. The van der Waals surface area contributed by atoms with Crippen molar-refractivity contribution >= 4 is 5.91 Å². The van der Waals surface area contributed by atoms with E-state index in [4.69, 9.17) is 0 Å². The Labute approximate surface area is 168 Å². The van der Waals surface area contributed by atoms with Crippen molar-refractivity contribution in [1.29, 1.82) is 0 Å². The largest absolute Gasteiger partial charge is 0.435 e. The lowest BCUT2D eigenvalue weighted by Gasteiger charge is -2.08. The van der Waals surface area contributed by atoms with E-state index in [2.05, 4.69) is 25.6 Å². The summed E-state index contributed by atoms with van der Waals surface area (Å²) in [6, 6.07) is 14.5. The Hall–Kier alpha value is -3.95. The van der Waals surface area contributed by atoms with Crippen LogP contribution in [-0.2, 0) is 12.7 Å². The van der Waals surface area contributed by atoms with Gasteiger partial charge >= 0.3 is 6.18 Å². The highest BCUT2D eigenvalue weighted by Crippen LogP contribution is 2.27. The molecule has 0 saturated carbocycles. The lowest BCUT2D eigenvalue weighted by Crippen LogP contribution is -2.22. The molecule has 1 amide bonds. The third kappa shape index (κ3) is 4.22. The lowest BCUT2D eigenvalue weighted by molar-refractivity contribution is -0.141. The zero-order valence-corrected chi connectivity index (χ0v) is 15.4. The third-order valence-electron chi connectivity index (χ3n) is 4.34. The second kappa shape index (κ2) is 7.82. The van der Waals surface area contributed by atoms with Crippen molar-refractivity contribution in [2.75, 3.05) is 0 Å². The van der Waals surface area contributed by atoms with Crippen LogP contribution in [0, 0.1) is 0 Å². The molecule has 4 rings (SSSR count). The summed E-state index contributed by atoms with van der Waals surface area (Å²) in [5.41, 5.74) is 1.55. The predicted octanol–water partition coefficient (Wildman–Crippen LogP) is 3.61. The Morgan fingerprint density at radius 1 is 1.10 bits per heavy atom. The Balaban J connectivity index is 1.41. The second-order valence-electron chi connectivity index (χ2n) is 6.41. The fraction of sp³-hybridized carbons (Fsp3) is 0.100. The minimum absolute atomic E-state index is 0.302. The van der Waals surface area contributed by atoms with Gasteiger partial charge in [-0.05, 0) is 42.0 Å². The molecule has 0 fully saturated rings. The average molecular weight is 412 g/mol. The van der Waals surface area contributed by atoms with Crippen LogP contribution in [0.15, 0.2) is 67.1 Å². The number of carbonyl (C=O) groups is 1. The van der Waals surface area contributed by atoms with Crippen molar-refractivity contribution in [1.82, 2.24) is 30.3 Å². The highest BCUT2D eigenvalue weighted by atomic mass is 19.4. The van der Waals surface area contributed by atoms with Crippen LogP contribution in [0.4, 0.5) is 13.2 Å². The number of carbonyl (C=O) groups excluding carboxylic acids is 1. The van der Waals surface area contributed by atoms with Gasteiger partial charge in [0.15, 0.2) is 11.5 Å². The molecule has 2 heterocycles. The second-order valence-corrected chi connectivity index (χ2v) is 6.41. The van der Waals surface area contributed by atoms with Crippen molar-refractivity contribution in [2.45, 2.75) is 12.7 Å². The molecule has 0 atom stereocenters. The molecule has 4 aromatic rings. The first-order valence-electron chi connectivity index (χ1n) is 8.86. The van der Waals surface area contributed by atoms with E-state index < -0.39 is 11.9 Å². The third-order valence-corrected chi connectivity index (χ3v) is 4.34. The molecule has 0 saturated heterocycles. The normalized spacial score (nSPS) is 11.4. The van der Waals surface area contributed by atoms with Crippen molar-refractivity contribution in [3.8, 4) is 17.1 Å². The van der Waals surface area contributed by atoms with Crippen molar-refractivity contribution in [2.24, 2.45) is 0 Å². The van der Waals surface area contributed by atoms with Crippen molar-refractivity contribution < 1.29 is 18.0 Å². The first kappa shape index (κ1) is 19.4. The highest BCUT2D eigenvalue weighted by molar-refractivity contribution is 5.94. The van der Waals surface area contributed by atoms with E-state index in [0.29, 0.717) is 23.6 Å². The number of nitrogens with one attached hydrogen (secondary N) is 2. The molecule has 0 bridgehead atoms. The number of rotatable bonds is 5. The van der Waals surface area contributed by atoms with Crippen LogP contribution in [0.1, 0.15) is 21.6 Å². The average Bonchev–Trinajstić information content (AvgIpc) is 3.44. The molecule has 2 aromatic carbocycles. The molecule has 7 nitrogen and oxygen atoms in total. The van der Waals surface area contributed by atoms with Gasteiger partial charge < -0.3 is 5.32 Å². The molecule has 0 aliphatic carbocycles. The fourth-order valence-electron chi connectivity index (χ4n) is 2.84. The van der Waals surface area contributed by atoms with Crippen LogP contribution < -0.4 is 5.32 Å². The predicted molar refractivity (Wildman–Crippen MR) is 102 cm³/mol. The van der Waals surface area contributed by atoms with Gasteiger partial charge in [0.2, 0.25) is 0 Å². The molecule has 0 aliphatic heterocycles. The maximum absolute atomic E-state index is 12.7. The fourth-order valence-corrected chi connectivity index (χ4v) is 2.84. The van der Waals surface area contributed by atoms with Crippen LogP contribution in [-0.4, -0.2) is 30.9 Å². The molecule has 0 unspecified atom stereocenters. The minimum Gasteiger partial charge on any atom is -0.348 e. The van der Waals surface area contributed by atoms with Gasteiger partial charge in [0.25, 0.3) is 5.91 Å². The molecule has 2 N–H and O–H groups in total. The van der Waals surface area contributed by atoms with Crippen LogP contribution in [0.5, 0.6) is 0 Å². The molecule has 152 valence electrons. The van der Waals surface area contributed by atoms with Crippen LogP contribution in [0.3, 0.4) is 0 Å². The number of nitrogens with zero attached hydrogens (tertiary/aromatic N) is 4. The summed E-state index contributed by atoms with van der Waals surface area (Å²) in [4.78, 5) is 16.5. The topological polar surface area (TPSA) is 88.5 Å². The van der Waals surface area contributed by atoms with Crippen molar-refractivity contribution in [3.05, 3.63) is 83.9 Å². The number of aromatic amines is 1. The Bertz CT molecular complexity index is 1150. The van der Waals surface area contributed by atoms with Gasteiger partial charge in [0.05, 0.1) is 5.69 Å². The molecule has 0 radical (unpaired) electrons. The summed E-state index contributed by atoms with van der Waals surface area (Å²) >= 11 is 0. The van der Waals surface area contributed by atoms with Gasteiger partial charge in [-0.25, -0.2) is 9.67 Å². The van der Waals surface area contributed by atoms with E-state index in [1.54, 1.807) is 0 Å². The van der Waals surface area contributed by atoms with E-state index in [-0.39, 0.29) is 5.91 Å². The van der Waals surface area contributed by atoms with Gasteiger partial charge in [-0.1, -0.05) is 18.2 Å². The molecule has 30 heavy (non-hydrogen) atoms. The lowest BCUT2D eigenvalue weighted by atomic mass is 10.1. The number of hydrogen-bond donors (Lipinski definition) is 2. The molecular weight excluding hydrogens is 397 g/mol. The smallest absolute Gasteiger partial charge is 0.348 e. The van der Waals surface area contributed by atoms with Crippen LogP contribution in [0.2, 0.25) is 0 Å². The molecule has 2 aromatic heterocycles. The van der Waals surface area contributed by atoms with E-state index in [0.717, 1.165) is 21.9 Å². The monoisotopic (exact) mass is 412 g/mol. The van der Waals surface area contributed by atoms with E-state index in [1.807, 2.05) is 24.3 Å². The number of hydrogen-bond acceptors (Lipinski definition) is 4. The number of benzene rings is 2. The quantitative estimate of drug-likeness (QED) is 0.524. The van der Waals surface area contributed by atoms with Gasteiger partial charge in [0, 0.05) is 23.9 Å². The number of alkyl halides is 3. The van der Waals surface area contributed by atoms with Crippen LogP contribution in [0.25, 0.3) is 17.1 Å². The zero-order valence-electron chi connectivity index (χ0n) is 15.4. The van der Waals surface area contributed by atoms with Crippen molar-refractivity contribution in [3.63, 3.8) is 0 Å². The number of amides is 1. The molecule has 10 heteroatoms. The zero-order chi connectivity index (χ0) is 21.1. The standard InChI is InChI=1S/C20H15F3N6O/c21-20(22,23)17-8-9-29(28-17)16-6-4-14(5-7-16)19(30)24-11-13-2-1-3-15(10-13)18-25-12-26-27-18/h1-10,12H,11H2,(H,24,30)(H,25,26,27). The van der Waals surface area contributed by atoms with E-state index >= 15 is 0 Å². The molecular formula is C20H15F3N6O. The summed E-state index contributed by atoms with van der Waals surface area (Å²) in [6.45, 7) is 0.302. The van der Waals surface area contributed by atoms with Gasteiger partial charge in [0.1, 0.15) is 6.33 Å². The van der Waals surface area contributed by atoms with Gasteiger partial charge in [-0.3, -0.25) is 9.89 Å². The SMILES string of the molecule is O=C(NCc1cccc(-c2ncn[nH]2)c1)c1ccc(-n2ccc(C(F)(F)F)n2)cc1. The Morgan fingerprint density at radius 2 is 1.90 bits per heavy atom. The molecule has 0 aliphatic rings. The summed E-state index contributed by atoms with van der Waals surface area (Å²) in [5.74, 6) is 0.328. The number of aromatic nitrogens is 5. The summed E-state index contributed by atoms with van der Waals surface area (Å²) in [6.07, 6.45) is -1.87. The van der Waals surface area contributed by atoms with E-state index in [9.17, 15) is 18.0 Å². The highest BCUT2D eigenvalue weighted by Gasteiger charge is 2.33. The van der Waals surface area contributed by atoms with Gasteiger partial charge in [-0.2, -0.15) is 23.4 Å². The van der Waals surface area contributed by atoms with E-state index in [1.165, 1.54) is 36.8 Å². The summed E-state index contributed by atoms with van der Waals surface area (Å²) in [7, 11) is 0. The number of halogens is 3. The first-order valence-corrected chi connectivity index (χ1v) is 8.86. The Kier molecular flexibility index (Phi) is 5.05. The van der Waals surface area contributed by atoms with Gasteiger partial charge in [-0.15, -0.1) is 0 Å². The maximum atomic E-state index is 12.7. The molecule has 0 spiro atoms. The summed E-state index contributed by atoms with van der Waals surface area (Å²) < 4.78 is 39.1. The first-order chi connectivity index (χ1) is 14.4. The van der Waals surface area contributed by atoms with Crippen LogP contribution >= 0.6 is 0 Å². The number of H-pyrrole nitrogens is 1. The maximum Gasteiger partial charge on any atom is 0.435 e. The minimum atomic E-state index is -4.50. The summed E-state index contributed by atoms with van der Waals surface area (Å²) in [5, 5.41) is 12.9.